The van der Waals surface area contributed by atoms with Gasteiger partial charge in [0.15, 0.2) is 5.75 Å². The summed E-state index contributed by atoms with van der Waals surface area (Å²) in [6.45, 7) is -3.03. The summed E-state index contributed by atoms with van der Waals surface area (Å²) in [6.07, 6.45) is 0. The molecule has 0 spiro atoms. The van der Waals surface area contributed by atoms with Crippen LogP contribution in [0.4, 0.5) is 14.5 Å². The van der Waals surface area contributed by atoms with Gasteiger partial charge in [-0.3, -0.25) is 4.79 Å². The molecule has 1 N–H and O–H groups in total. The molecule has 0 radical (unpaired) electrons. The molecular formula is C14H8Br2ClF2NO2. The third kappa shape index (κ3) is 4.41. The molecule has 0 fully saturated rings. The normalized spacial score (nSPS) is 10.6. The first-order valence-electron chi connectivity index (χ1n) is 5.87. The molecule has 0 aliphatic carbocycles. The van der Waals surface area contributed by atoms with Gasteiger partial charge in [0.05, 0.1) is 10.2 Å². The lowest BCUT2D eigenvalue weighted by atomic mass is 10.2. The minimum Gasteiger partial charge on any atom is -0.431 e. The quantitative estimate of drug-likeness (QED) is 0.641. The summed E-state index contributed by atoms with van der Waals surface area (Å²) in [5.41, 5.74) is 0.412. The average molecular weight is 455 g/mol. The lowest BCUT2D eigenvalue weighted by molar-refractivity contribution is -0.0498. The molecule has 8 heteroatoms. The van der Waals surface area contributed by atoms with Gasteiger partial charge in [0.2, 0.25) is 0 Å². The maximum Gasteiger partial charge on any atom is 0.387 e. The Balaban J connectivity index is 2.31. The van der Waals surface area contributed by atoms with Crippen LogP contribution in [0.15, 0.2) is 45.3 Å². The summed E-state index contributed by atoms with van der Waals surface area (Å²) in [5, 5.41) is 2.77. The SMILES string of the molecule is O=C(Nc1cc(Cl)cc(Br)c1OC(F)F)c1ccc(Br)cc1. The van der Waals surface area contributed by atoms with Crippen LogP contribution in [-0.2, 0) is 0 Å². The predicted octanol–water partition coefficient (Wildman–Crippen LogP) is 5.72. The van der Waals surface area contributed by atoms with Crippen molar-refractivity contribution in [3.05, 3.63) is 55.9 Å². The number of ether oxygens (including phenoxy) is 1. The van der Waals surface area contributed by atoms with Crippen molar-refractivity contribution in [2.45, 2.75) is 6.61 Å². The van der Waals surface area contributed by atoms with Crippen LogP contribution in [0.2, 0.25) is 5.02 Å². The van der Waals surface area contributed by atoms with Gasteiger partial charge in [-0.25, -0.2) is 0 Å². The number of hydrogen-bond donors (Lipinski definition) is 1. The van der Waals surface area contributed by atoms with Crippen molar-refractivity contribution < 1.29 is 18.3 Å². The molecule has 22 heavy (non-hydrogen) atoms. The fourth-order valence-corrected chi connectivity index (χ4v) is 2.83. The number of carbonyl (C=O) groups excluding carboxylic acids is 1. The van der Waals surface area contributed by atoms with E-state index in [-0.39, 0.29) is 20.9 Å². The Hall–Kier alpha value is -1.18. The average Bonchev–Trinajstić information content (AvgIpc) is 2.43. The molecule has 0 heterocycles. The van der Waals surface area contributed by atoms with E-state index in [2.05, 4.69) is 41.9 Å². The summed E-state index contributed by atoms with van der Waals surface area (Å²) in [4.78, 5) is 12.2. The summed E-state index contributed by atoms with van der Waals surface area (Å²) in [6, 6.07) is 9.30. The van der Waals surface area contributed by atoms with E-state index in [0.29, 0.717) is 5.56 Å². The van der Waals surface area contributed by atoms with E-state index in [1.54, 1.807) is 24.3 Å². The van der Waals surface area contributed by atoms with Crippen LogP contribution >= 0.6 is 43.5 Å². The van der Waals surface area contributed by atoms with Crippen LogP contribution in [0.25, 0.3) is 0 Å². The second-order valence-electron chi connectivity index (χ2n) is 4.10. The topological polar surface area (TPSA) is 38.3 Å². The monoisotopic (exact) mass is 453 g/mol. The molecule has 0 aromatic heterocycles. The zero-order valence-electron chi connectivity index (χ0n) is 10.7. The minimum absolute atomic E-state index is 0.0487. The van der Waals surface area contributed by atoms with E-state index in [0.717, 1.165) is 4.47 Å². The fraction of sp³-hybridized carbons (Fsp3) is 0.0714. The lowest BCUT2D eigenvalue weighted by Gasteiger charge is -2.14. The van der Waals surface area contributed by atoms with Gasteiger partial charge >= 0.3 is 6.61 Å². The zero-order chi connectivity index (χ0) is 16.3. The van der Waals surface area contributed by atoms with Gasteiger partial charge in [-0.05, 0) is 52.3 Å². The third-order valence-electron chi connectivity index (χ3n) is 2.57. The first-order chi connectivity index (χ1) is 10.4. The van der Waals surface area contributed by atoms with Crippen molar-refractivity contribution in [1.82, 2.24) is 0 Å². The Morgan fingerprint density at radius 1 is 1.18 bits per heavy atom. The molecule has 116 valence electrons. The molecule has 0 aliphatic heterocycles. The van der Waals surface area contributed by atoms with Crippen LogP contribution in [-0.4, -0.2) is 12.5 Å². The molecule has 0 bridgehead atoms. The molecule has 0 saturated carbocycles. The number of carbonyl (C=O) groups is 1. The van der Waals surface area contributed by atoms with E-state index in [4.69, 9.17) is 11.6 Å². The van der Waals surface area contributed by atoms with E-state index in [1.807, 2.05) is 0 Å². The number of anilines is 1. The summed E-state index contributed by atoms with van der Waals surface area (Å²) in [7, 11) is 0. The summed E-state index contributed by atoms with van der Waals surface area (Å²) in [5.74, 6) is -0.661. The van der Waals surface area contributed by atoms with Crippen LogP contribution < -0.4 is 10.1 Å². The Morgan fingerprint density at radius 2 is 1.82 bits per heavy atom. The smallest absolute Gasteiger partial charge is 0.387 e. The van der Waals surface area contributed by atoms with Crippen molar-refractivity contribution in [1.29, 1.82) is 0 Å². The van der Waals surface area contributed by atoms with Gasteiger partial charge in [-0.2, -0.15) is 8.78 Å². The zero-order valence-corrected chi connectivity index (χ0v) is 14.7. The number of alkyl halides is 2. The number of hydrogen-bond acceptors (Lipinski definition) is 2. The standard InChI is InChI=1S/C14H8Br2ClF2NO2/c15-8-3-1-7(2-4-8)13(21)20-11-6-9(17)5-10(16)12(11)22-14(18)19/h1-6,14H,(H,20,21). The van der Waals surface area contributed by atoms with Gasteiger partial charge in [0.25, 0.3) is 5.91 Å². The van der Waals surface area contributed by atoms with Crippen molar-refractivity contribution in [2.75, 3.05) is 5.32 Å². The number of rotatable bonds is 4. The number of benzene rings is 2. The van der Waals surface area contributed by atoms with Crippen LogP contribution in [0, 0.1) is 0 Å². The first kappa shape index (κ1) is 17.2. The van der Waals surface area contributed by atoms with Crippen molar-refractivity contribution in [2.24, 2.45) is 0 Å². The highest BCUT2D eigenvalue weighted by atomic mass is 79.9. The largest absolute Gasteiger partial charge is 0.431 e. The van der Waals surface area contributed by atoms with Crippen LogP contribution in [0.5, 0.6) is 5.75 Å². The van der Waals surface area contributed by atoms with Crippen LogP contribution in [0.1, 0.15) is 10.4 Å². The molecule has 2 aromatic rings. The number of amides is 1. The molecular weight excluding hydrogens is 447 g/mol. The summed E-state index contributed by atoms with van der Waals surface area (Å²) >= 11 is 12.2. The highest BCUT2D eigenvalue weighted by Crippen LogP contribution is 2.37. The van der Waals surface area contributed by atoms with Gasteiger partial charge < -0.3 is 10.1 Å². The van der Waals surface area contributed by atoms with Gasteiger partial charge in [0.1, 0.15) is 0 Å². The predicted molar refractivity (Wildman–Crippen MR) is 87.9 cm³/mol. The molecule has 1 amide bonds. The van der Waals surface area contributed by atoms with E-state index >= 15 is 0 Å². The van der Waals surface area contributed by atoms with E-state index in [9.17, 15) is 13.6 Å². The summed E-state index contributed by atoms with van der Waals surface area (Å²) < 4.78 is 30.4. The Labute approximate surface area is 146 Å². The Kier molecular flexibility index (Phi) is 5.77. The van der Waals surface area contributed by atoms with Crippen molar-refractivity contribution in [3.8, 4) is 5.75 Å². The highest BCUT2D eigenvalue weighted by Gasteiger charge is 2.17. The molecule has 0 aliphatic rings. The number of nitrogens with one attached hydrogen (secondary N) is 1. The molecule has 0 atom stereocenters. The Bertz CT molecular complexity index is 696. The van der Waals surface area contributed by atoms with Gasteiger partial charge in [-0.15, -0.1) is 0 Å². The maximum atomic E-state index is 12.5. The maximum absolute atomic E-state index is 12.5. The first-order valence-corrected chi connectivity index (χ1v) is 7.84. The van der Waals surface area contributed by atoms with Crippen molar-refractivity contribution >= 4 is 55.1 Å². The minimum atomic E-state index is -3.03. The van der Waals surface area contributed by atoms with Gasteiger partial charge in [0, 0.05) is 15.1 Å². The van der Waals surface area contributed by atoms with E-state index in [1.165, 1.54) is 12.1 Å². The highest BCUT2D eigenvalue weighted by molar-refractivity contribution is 9.10. The molecule has 3 nitrogen and oxygen atoms in total. The molecule has 2 rings (SSSR count). The van der Waals surface area contributed by atoms with Crippen molar-refractivity contribution in [3.63, 3.8) is 0 Å². The van der Waals surface area contributed by atoms with Gasteiger partial charge in [-0.1, -0.05) is 27.5 Å². The number of halogens is 5. The van der Waals surface area contributed by atoms with Crippen LogP contribution in [0.3, 0.4) is 0 Å². The fourth-order valence-electron chi connectivity index (χ4n) is 1.66. The Morgan fingerprint density at radius 3 is 2.41 bits per heavy atom. The third-order valence-corrected chi connectivity index (χ3v) is 3.91. The second kappa shape index (κ2) is 7.39. The molecule has 0 unspecified atom stereocenters. The van der Waals surface area contributed by atoms with E-state index < -0.39 is 12.5 Å². The second-order valence-corrected chi connectivity index (χ2v) is 6.31. The lowest BCUT2D eigenvalue weighted by Crippen LogP contribution is -2.14. The molecule has 2 aromatic carbocycles. The molecule has 0 saturated heterocycles.